The average molecular weight is 260 g/mol. The maximum absolute atomic E-state index is 12.3. The molecule has 0 radical (unpaired) electrons. The van der Waals surface area contributed by atoms with Crippen molar-refractivity contribution in [2.75, 3.05) is 6.67 Å². The molecule has 1 aromatic heterocycles. The number of imidazole rings is 1. The van der Waals surface area contributed by atoms with Gasteiger partial charge in [0.25, 0.3) is 0 Å². The van der Waals surface area contributed by atoms with Crippen LogP contribution in [0.1, 0.15) is 44.3 Å². The monoisotopic (exact) mass is 260 g/mol. The second kappa shape index (κ2) is 7.07. The minimum Gasteiger partial charge on any atom is -0.342 e. The number of hydrogen-bond acceptors (Lipinski definition) is 1. The third kappa shape index (κ3) is 3.66. The minimum absolute atomic E-state index is 0.244. The topological polar surface area (TPSA) is 28.7 Å². The Balaban J connectivity index is 2.14. The summed E-state index contributed by atoms with van der Waals surface area (Å²) in [5.74, 6) is 1.34. The highest BCUT2D eigenvalue weighted by Gasteiger charge is 2.14. The van der Waals surface area contributed by atoms with Crippen molar-refractivity contribution in [3.8, 4) is 11.3 Å². The van der Waals surface area contributed by atoms with Gasteiger partial charge in [-0.3, -0.25) is 4.39 Å². The summed E-state index contributed by atoms with van der Waals surface area (Å²) in [7, 11) is 0. The minimum atomic E-state index is -0.244. The van der Waals surface area contributed by atoms with Crippen molar-refractivity contribution < 1.29 is 4.39 Å². The fourth-order valence-corrected chi connectivity index (χ4v) is 2.40. The molecule has 1 atom stereocenters. The van der Waals surface area contributed by atoms with Gasteiger partial charge < -0.3 is 4.98 Å². The van der Waals surface area contributed by atoms with Crippen molar-refractivity contribution in [2.45, 2.75) is 38.5 Å². The first-order valence-corrected chi connectivity index (χ1v) is 7.01. The number of nitrogens with zero attached hydrogens (tertiary/aromatic N) is 1. The lowest BCUT2D eigenvalue weighted by atomic mass is 9.97. The highest BCUT2D eigenvalue weighted by molar-refractivity contribution is 5.58. The molecule has 3 heteroatoms. The van der Waals surface area contributed by atoms with E-state index in [0.29, 0.717) is 12.3 Å². The van der Waals surface area contributed by atoms with Crippen molar-refractivity contribution in [3.05, 3.63) is 42.4 Å². The molecule has 0 amide bonds. The lowest BCUT2D eigenvalue weighted by molar-refractivity contribution is 0.427. The standard InChI is InChI=1S/C16H21FN2/c1-2-7-14(10-6-11-17)16-18-12-15(19-16)13-8-4-3-5-9-13/h3-5,8-9,12,14H,2,6-7,10-11H2,1H3,(H,18,19). The number of rotatable bonds is 7. The van der Waals surface area contributed by atoms with E-state index >= 15 is 0 Å². The molecule has 2 nitrogen and oxygen atoms in total. The first kappa shape index (κ1) is 13.8. The Labute approximate surface area is 114 Å². The van der Waals surface area contributed by atoms with E-state index in [1.807, 2.05) is 24.4 Å². The van der Waals surface area contributed by atoms with Crippen molar-refractivity contribution in [2.24, 2.45) is 0 Å². The number of H-pyrrole nitrogens is 1. The second-order valence-corrected chi connectivity index (χ2v) is 4.86. The first-order valence-electron chi connectivity index (χ1n) is 7.01. The summed E-state index contributed by atoms with van der Waals surface area (Å²) in [6, 6.07) is 10.2. The highest BCUT2D eigenvalue weighted by Crippen LogP contribution is 2.26. The van der Waals surface area contributed by atoms with Crippen molar-refractivity contribution >= 4 is 0 Å². The lowest BCUT2D eigenvalue weighted by Gasteiger charge is -2.12. The van der Waals surface area contributed by atoms with Gasteiger partial charge in [-0.25, -0.2) is 4.98 Å². The Morgan fingerprint density at radius 2 is 2.00 bits per heavy atom. The third-order valence-electron chi connectivity index (χ3n) is 3.39. The van der Waals surface area contributed by atoms with Gasteiger partial charge in [-0.1, -0.05) is 43.7 Å². The molecule has 1 N–H and O–H groups in total. The van der Waals surface area contributed by atoms with E-state index in [4.69, 9.17) is 0 Å². The van der Waals surface area contributed by atoms with Crippen LogP contribution in [-0.2, 0) is 0 Å². The molecular weight excluding hydrogens is 239 g/mol. The van der Waals surface area contributed by atoms with Gasteiger partial charge in [0.2, 0.25) is 0 Å². The molecule has 0 spiro atoms. The highest BCUT2D eigenvalue weighted by atomic mass is 19.1. The number of nitrogens with one attached hydrogen (secondary N) is 1. The van der Waals surface area contributed by atoms with E-state index in [1.165, 1.54) is 0 Å². The molecule has 2 aromatic rings. The van der Waals surface area contributed by atoms with E-state index < -0.39 is 0 Å². The van der Waals surface area contributed by atoms with Crippen LogP contribution in [0.5, 0.6) is 0 Å². The SMILES string of the molecule is CCCC(CCCF)c1ncc(-c2ccccc2)[nH]1. The van der Waals surface area contributed by atoms with Gasteiger partial charge in [0, 0.05) is 5.92 Å². The van der Waals surface area contributed by atoms with Gasteiger partial charge >= 0.3 is 0 Å². The summed E-state index contributed by atoms with van der Waals surface area (Å²) < 4.78 is 12.3. The molecule has 0 bridgehead atoms. The molecule has 0 aliphatic heterocycles. The molecule has 0 aliphatic carbocycles. The number of hydrogen-bond donors (Lipinski definition) is 1. The van der Waals surface area contributed by atoms with Gasteiger partial charge in [0.05, 0.1) is 18.6 Å². The Morgan fingerprint density at radius 1 is 1.21 bits per heavy atom. The van der Waals surface area contributed by atoms with Crippen LogP contribution in [0, 0.1) is 0 Å². The fraction of sp³-hybridized carbons (Fsp3) is 0.438. The summed E-state index contributed by atoms with van der Waals surface area (Å²) in [6.07, 6.45) is 5.51. The molecule has 1 heterocycles. The molecule has 1 aromatic carbocycles. The number of halogens is 1. The summed E-state index contributed by atoms with van der Waals surface area (Å²) >= 11 is 0. The van der Waals surface area contributed by atoms with Gasteiger partial charge in [-0.15, -0.1) is 0 Å². The smallest absolute Gasteiger partial charge is 0.109 e. The number of aromatic nitrogens is 2. The first-order chi connectivity index (χ1) is 9.35. The van der Waals surface area contributed by atoms with Crippen molar-refractivity contribution in [3.63, 3.8) is 0 Å². The maximum Gasteiger partial charge on any atom is 0.109 e. The summed E-state index contributed by atoms with van der Waals surface area (Å²) in [5.41, 5.74) is 2.18. The molecule has 0 saturated heterocycles. The Morgan fingerprint density at radius 3 is 2.68 bits per heavy atom. The zero-order chi connectivity index (χ0) is 13.5. The van der Waals surface area contributed by atoms with E-state index in [1.54, 1.807) is 0 Å². The van der Waals surface area contributed by atoms with Crippen molar-refractivity contribution in [1.82, 2.24) is 9.97 Å². The lowest BCUT2D eigenvalue weighted by Crippen LogP contribution is -2.01. The molecular formula is C16H21FN2. The molecule has 19 heavy (non-hydrogen) atoms. The normalized spacial score (nSPS) is 12.5. The Bertz CT molecular complexity index is 479. The summed E-state index contributed by atoms with van der Waals surface area (Å²) in [4.78, 5) is 7.88. The predicted octanol–water partition coefficient (Wildman–Crippen LogP) is 4.71. The van der Waals surface area contributed by atoms with E-state index in [2.05, 4.69) is 29.0 Å². The molecule has 0 saturated carbocycles. The number of alkyl halides is 1. The van der Waals surface area contributed by atoms with Crippen LogP contribution in [0.4, 0.5) is 4.39 Å². The number of aromatic amines is 1. The third-order valence-corrected chi connectivity index (χ3v) is 3.39. The Kier molecular flexibility index (Phi) is 5.13. The maximum atomic E-state index is 12.3. The van der Waals surface area contributed by atoms with Crippen LogP contribution in [0.2, 0.25) is 0 Å². The molecule has 102 valence electrons. The number of benzene rings is 1. The van der Waals surface area contributed by atoms with Crippen LogP contribution in [0.25, 0.3) is 11.3 Å². The quantitative estimate of drug-likeness (QED) is 0.767. The largest absolute Gasteiger partial charge is 0.342 e. The summed E-state index contributed by atoms with van der Waals surface area (Å²) in [6.45, 7) is 1.91. The predicted molar refractivity (Wildman–Crippen MR) is 76.9 cm³/mol. The van der Waals surface area contributed by atoms with Gasteiger partial charge in [-0.2, -0.15) is 0 Å². The molecule has 0 fully saturated rings. The summed E-state index contributed by atoms with van der Waals surface area (Å²) in [5, 5.41) is 0. The van der Waals surface area contributed by atoms with Gasteiger partial charge in [0.15, 0.2) is 0 Å². The van der Waals surface area contributed by atoms with Crippen LogP contribution >= 0.6 is 0 Å². The van der Waals surface area contributed by atoms with Gasteiger partial charge in [0.1, 0.15) is 5.82 Å². The zero-order valence-corrected chi connectivity index (χ0v) is 11.4. The zero-order valence-electron chi connectivity index (χ0n) is 11.4. The van der Waals surface area contributed by atoms with Crippen LogP contribution < -0.4 is 0 Å². The second-order valence-electron chi connectivity index (χ2n) is 4.86. The fourth-order valence-electron chi connectivity index (χ4n) is 2.40. The van der Waals surface area contributed by atoms with E-state index in [-0.39, 0.29) is 6.67 Å². The van der Waals surface area contributed by atoms with E-state index in [0.717, 1.165) is 36.3 Å². The molecule has 0 aliphatic rings. The van der Waals surface area contributed by atoms with E-state index in [9.17, 15) is 4.39 Å². The average Bonchev–Trinajstić information content (AvgIpc) is 2.94. The van der Waals surface area contributed by atoms with Crippen LogP contribution in [0.3, 0.4) is 0 Å². The van der Waals surface area contributed by atoms with Crippen LogP contribution in [-0.4, -0.2) is 16.6 Å². The van der Waals surface area contributed by atoms with Gasteiger partial charge in [-0.05, 0) is 24.8 Å². The Hall–Kier alpha value is -1.64. The molecule has 1 unspecified atom stereocenters. The molecule has 2 rings (SSSR count). The van der Waals surface area contributed by atoms with Crippen LogP contribution in [0.15, 0.2) is 36.5 Å². The van der Waals surface area contributed by atoms with Crippen molar-refractivity contribution in [1.29, 1.82) is 0 Å².